The van der Waals surface area contributed by atoms with Gasteiger partial charge in [-0.2, -0.15) is 4.98 Å². The molecule has 4 heteroatoms. The van der Waals surface area contributed by atoms with E-state index in [1.54, 1.807) is 0 Å². The number of benzene rings is 1. The minimum atomic E-state index is 0.481. The molecule has 0 fully saturated rings. The van der Waals surface area contributed by atoms with Crippen molar-refractivity contribution in [2.75, 3.05) is 18.5 Å². The van der Waals surface area contributed by atoms with Gasteiger partial charge in [-0.3, -0.25) is 0 Å². The molecule has 0 unspecified atom stereocenters. The van der Waals surface area contributed by atoms with Gasteiger partial charge in [-0.25, -0.2) is 4.98 Å². The quantitative estimate of drug-likeness (QED) is 0.846. The molecule has 0 atom stereocenters. The van der Waals surface area contributed by atoms with Crippen molar-refractivity contribution in [1.82, 2.24) is 9.97 Å². The molecule has 4 nitrogen and oxygen atoms in total. The summed E-state index contributed by atoms with van der Waals surface area (Å²) in [7, 11) is 0. The molecule has 0 aliphatic rings. The molecule has 0 saturated carbocycles. The lowest BCUT2D eigenvalue weighted by atomic mass is 10.1. The number of nitrogens with zero attached hydrogens (tertiary/aromatic N) is 2. The summed E-state index contributed by atoms with van der Waals surface area (Å²) in [5, 5.41) is 3.33. The van der Waals surface area contributed by atoms with Crippen molar-refractivity contribution < 1.29 is 4.74 Å². The smallest absolute Gasteiger partial charge is 0.218 e. The molecule has 2 rings (SSSR count). The molecular formula is C17H23N3O. The van der Waals surface area contributed by atoms with Crippen LogP contribution in [0, 0.1) is 12.8 Å². The van der Waals surface area contributed by atoms with Crippen LogP contribution in [0.15, 0.2) is 36.4 Å². The second-order valence-corrected chi connectivity index (χ2v) is 5.51. The molecule has 1 N–H and O–H groups in total. The molecular weight excluding hydrogens is 262 g/mol. The van der Waals surface area contributed by atoms with Crippen LogP contribution in [0.3, 0.4) is 0 Å². The lowest BCUT2D eigenvalue weighted by molar-refractivity contribution is 0.260. The number of nitrogens with one attached hydrogen (secondary N) is 1. The van der Waals surface area contributed by atoms with Crippen LogP contribution in [-0.4, -0.2) is 23.1 Å². The molecule has 2 aromatic rings. The van der Waals surface area contributed by atoms with Crippen molar-refractivity contribution in [2.45, 2.75) is 27.2 Å². The van der Waals surface area contributed by atoms with E-state index in [-0.39, 0.29) is 0 Å². The zero-order chi connectivity index (χ0) is 15.1. The predicted molar refractivity (Wildman–Crippen MR) is 85.7 cm³/mol. The third kappa shape index (κ3) is 5.42. The first-order valence-electron chi connectivity index (χ1n) is 7.40. The van der Waals surface area contributed by atoms with E-state index in [2.05, 4.69) is 53.4 Å². The van der Waals surface area contributed by atoms with Crippen LogP contribution in [0.4, 0.5) is 5.82 Å². The van der Waals surface area contributed by atoms with Crippen LogP contribution >= 0.6 is 0 Å². The first-order valence-corrected chi connectivity index (χ1v) is 7.40. The highest BCUT2D eigenvalue weighted by Crippen LogP contribution is 2.14. The molecule has 21 heavy (non-hydrogen) atoms. The van der Waals surface area contributed by atoms with Crippen molar-refractivity contribution in [3.63, 3.8) is 0 Å². The number of ether oxygens (including phenoxy) is 1. The van der Waals surface area contributed by atoms with Gasteiger partial charge in [0.05, 0.1) is 6.61 Å². The van der Waals surface area contributed by atoms with Gasteiger partial charge in [-0.05, 0) is 24.8 Å². The van der Waals surface area contributed by atoms with E-state index in [1.165, 1.54) is 5.56 Å². The Bertz CT molecular complexity index is 555. The van der Waals surface area contributed by atoms with Gasteiger partial charge in [0, 0.05) is 12.6 Å². The molecule has 0 aliphatic carbocycles. The molecule has 0 saturated heterocycles. The van der Waals surface area contributed by atoms with Crippen molar-refractivity contribution in [3.8, 4) is 5.88 Å². The lowest BCUT2D eigenvalue weighted by Crippen LogP contribution is -2.10. The Morgan fingerprint density at radius 1 is 1.14 bits per heavy atom. The van der Waals surface area contributed by atoms with Gasteiger partial charge < -0.3 is 10.1 Å². The van der Waals surface area contributed by atoms with Crippen molar-refractivity contribution in [3.05, 3.63) is 47.8 Å². The summed E-state index contributed by atoms with van der Waals surface area (Å²) < 4.78 is 5.66. The standard InChI is InChI=1S/C17H23N3O/c1-13(2)12-21-17-11-16(19-14(3)20-17)18-10-9-15-7-5-4-6-8-15/h4-8,11,13H,9-10,12H2,1-3H3,(H,18,19,20). The molecule has 1 heterocycles. The molecule has 0 amide bonds. The highest BCUT2D eigenvalue weighted by atomic mass is 16.5. The van der Waals surface area contributed by atoms with Crippen LogP contribution in [-0.2, 0) is 6.42 Å². The summed E-state index contributed by atoms with van der Waals surface area (Å²) in [5.41, 5.74) is 1.31. The Kier molecular flexibility index (Phi) is 5.55. The normalized spacial score (nSPS) is 10.7. The first kappa shape index (κ1) is 15.3. The lowest BCUT2D eigenvalue weighted by Gasteiger charge is -2.11. The summed E-state index contributed by atoms with van der Waals surface area (Å²) in [6.07, 6.45) is 0.964. The second-order valence-electron chi connectivity index (χ2n) is 5.51. The average Bonchev–Trinajstić information content (AvgIpc) is 2.46. The fraction of sp³-hybridized carbons (Fsp3) is 0.412. The van der Waals surface area contributed by atoms with E-state index in [1.807, 2.05) is 19.1 Å². The summed E-state index contributed by atoms with van der Waals surface area (Å²) in [4.78, 5) is 8.69. The van der Waals surface area contributed by atoms with Gasteiger partial charge in [-0.1, -0.05) is 44.2 Å². The molecule has 112 valence electrons. The van der Waals surface area contributed by atoms with Crippen molar-refractivity contribution in [2.24, 2.45) is 5.92 Å². The number of hydrogen-bond donors (Lipinski definition) is 1. The van der Waals surface area contributed by atoms with Gasteiger partial charge in [-0.15, -0.1) is 0 Å². The van der Waals surface area contributed by atoms with E-state index in [9.17, 15) is 0 Å². The Morgan fingerprint density at radius 2 is 1.90 bits per heavy atom. The molecule has 0 bridgehead atoms. The van der Waals surface area contributed by atoms with Gasteiger partial charge >= 0.3 is 0 Å². The van der Waals surface area contributed by atoms with Crippen LogP contribution in [0.1, 0.15) is 25.2 Å². The summed E-state index contributed by atoms with van der Waals surface area (Å²) >= 11 is 0. The van der Waals surface area contributed by atoms with E-state index >= 15 is 0 Å². The van der Waals surface area contributed by atoms with Crippen molar-refractivity contribution >= 4 is 5.82 Å². The number of anilines is 1. The largest absolute Gasteiger partial charge is 0.477 e. The van der Waals surface area contributed by atoms with Crippen LogP contribution in [0.2, 0.25) is 0 Å². The number of rotatable bonds is 7. The van der Waals surface area contributed by atoms with Gasteiger partial charge in [0.25, 0.3) is 0 Å². The SMILES string of the molecule is Cc1nc(NCCc2ccccc2)cc(OCC(C)C)n1. The third-order valence-corrected chi connectivity index (χ3v) is 2.94. The van der Waals surface area contributed by atoms with E-state index in [0.29, 0.717) is 18.4 Å². The van der Waals surface area contributed by atoms with E-state index < -0.39 is 0 Å². The van der Waals surface area contributed by atoms with Crippen molar-refractivity contribution in [1.29, 1.82) is 0 Å². The minimum Gasteiger partial charge on any atom is -0.477 e. The number of aromatic nitrogens is 2. The maximum atomic E-state index is 5.66. The van der Waals surface area contributed by atoms with Crippen LogP contribution < -0.4 is 10.1 Å². The van der Waals surface area contributed by atoms with E-state index in [4.69, 9.17) is 4.74 Å². The zero-order valence-corrected chi connectivity index (χ0v) is 13.0. The molecule has 0 aliphatic heterocycles. The van der Waals surface area contributed by atoms with Gasteiger partial charge in [0.2, 0.25) is 5.88 Å². The Morgan fingerprint density at radius 3 is 2.62 bits per heavy atom. The minimum absolute atomic E-state index is 0.481. The van der Waals surface area contributed by atoms with Gasteiger partial charge in [0.15, 0.2) is 0 Å². The molecule has 1 aromatic heterocycles. The van der Waals surface area contributed by atoms with Crippen LogP contribution in [0.5, 0.6) is 5.88 Å². The second kappa shape index (κ2) is 7.62. The summed E-state index contributed by atoms with van der Waals surface area (Å²) in [6, 6.07) is 12.3. The predicted octanol–water partition coefficient (Wildman–Crippen LogP) is 3.47. The Hall–Kier alpha value is -2.10. The monoisotopic (exact) mass is 285 g/mol. The molecule has 0 spiro atoms. The van der Waals surface area contributed by atoms with E-state index in [0.717, 1.165) is 24.6 Å². The zero-order valence-electron chi connectivity index (χ0n) is 13.0. The summed E-state index contributed by atoms with van der Waals surface area (Å²) in [5.74, 6) is 2.66. The molecule has 1 aromatic carbocycles. The number of hydrogen-bond acceptors (Lipinski definition) is 4. The first-order chi connectivity index (χ1) is 10.1. The highest BCUT2D eigenvalue weighted by Gasteiger charge is 2.04. The maximum Gasteiger partial charge on any atom is 0.218 e. The third-order valence-electron chi connectivity index (χ3n) is 2.94. The molecule has 0 radical (unpaired) electrons. The highest BCUT2D eigenvalue weighted by molar-refractivity contribution is 5.38. The van der Waals surface area contributed by atoms with Gasteiger partial charge in [0.1, 0.15) is 11.6 Å². The maximum absolute atomic E-state index is 5.66. The van der Waals surface area contributed by atoms with Crippen LogP contribution in [0.25, 0.3) is 0 Å². The Balaban J connectivity index is 1.90. The Labute approximate surface area is 126 Å². The summed E-state index contributed by atoms with van der Waals surface area (Å²) in [6.45, 7) is 7.62. The fourth-order valence-electron chi connectivity index (χ4n) is 1.94. The average molecular weight is 285 g/mol. The fourth-order valence-corrected chi connectivity index (χ4v) is 1.94. The topological polar surface area (TPSA) is 47.0 Å². The number of aryl methyl sites for hydroxylation is 1.